The average molecular weight is 435 g/mol. The highest BCUT2D eigenvalue weighted by atomic mass is 35.5. The van der Waals surface area contributed by atoms with Crippen molar-refractivity contribution >= 4 is 46.3 Å². The van der Waals surface area contributed by atoms with Gasteiger partial charge in [0.2, 0.25) is 11.8 Å². The molecular formula is C23H19ClN4O3. The van der Waals surface area contributed by atoms with E-state index in [1.807, 2.05) is 24.3 Å². The molecule has 3 aromatic rings. The highest BCUT2D eigenvalue weighted by molar-refractivity contribution is 6.33. The summed E-state index contributed by atoms with van der Waals surface area (Å²) >= 11 is 6.12. The number of nitrogens with one attached hydrogen (secondary N) is 1. The fourth-order valence-electron chi connectivity index (χ4n) is 3.25. The Bertz CT molecular complexity index is 1180. The molecule has 1 N–H and O–H groups in total. The molecule has 1 aliphatic rings. The quantitative estimate of drug-likeness (QED) is 0.651. The van der Waals surface area contributed by atoms with Crippen LogP contribution in [-0.2, 0) is 9.59 Å². The lowest BCUT2D eigenvalue weighted by atomic mass is 10.1. The summed E-state index contributed by atoms with van der Waals surface area (Å²) in [6, 6.07) is 17.8. The van der Waals surface area contributed by atoms with Gasteiger partial charge in [0.25, 0.3) is 0 Å². The molecule has 4 rings (SSSR count). The summed E-state index contributed by atoms with van der Waals surface area (Å²) in [6.07, 6.45) is 1.58. The van der Waals surface area contributed by atoms with Crippen LogP contribution in [0.2, 0.25) is 5.02 Å². The summed E-state index contributed by atoms with van der Waals surface area (Å²) in [5.41, 5.74) is 2.33. The van der Waals surface area contributed by atoms with Crippen molar-refractivity contribution in [3.63, 3.8) is 0 Å². The van der Waals surface area contributed by atoms with Crippen LogP contribution in [0.5, 0.6) is 5.75 Å². The maximum Gasteiger partial charge on any atom is 0.244 e. The van der Waals surface area contributed by atoms with Crippen LogP contribution in [0.1, 0.15) is 12.0 Å². The minimum Gasteiger partial charge on any atom is -0.497 e. The van der Waals surface area contributed by atoms with Crippen molar-refractivity contribution in [2.75, 3.05) is 23.9 Å². The standard InChI is InChI=1S/C23H19ClN4O3/c1-31-16-7-4-6-15(12-16)20-13-22(30)28(23-19(26-20)10-5-11-25-23)14-21(29)27-18-9-3-2-8-17(18)24/h2-12H,13-14H2,1H3,(H,27,29). The van der Waals surface area contributed by atoms with E-state index in [2.05, 4.69) is 15.3 Å². The highest BCUT2D eigenvalue weighted by Crippen LogP contribution is 2.31. The number of anilines is 2. The number of nitrogens with zero attached hydrogens (tertiary/aromatic N) is 3. The molecule has 2 heterocycles. The van der Waals surface area contributed by atoms with E-state index < -0.39 is 0 Å². The largest absolute Gasteiger partial charge is 0.497 e. The van der Waals surface area contributed by atoms with Gasteiger partial charge in [-0.2, -0.15) is 0 Å². The lowest BCUT2D eigenvalue weighted by molar-refractivity contribution is -0.120. The molecule has 0 radical (unpaired) electrons. The van der Waals surface area contributed by atoms with Crippen LogP contribution in [0.4, 0.5) is 17.2 Å². The Morgan fingerprint density at radius 2 is 2.00 bits per heavy atom. The van der Waals surface area contributed by atoms with Gasteiger partial charge in [-0.15, -0.1) is 0 Å². The zero-order valence-corrected chi connectivity index (χ0v) is 17.5. The molecular weight excluding hydrogens is 416 g/mol. The lowest BCUT2D eigenvalue weighted by Gasteiger charge is -2.20. The maximum atomic E-state index is 13.1. The molecule has 0 unspecified atom stereocenters. The van der Waals surface area contributed by atoms with Crippen LogP contribution in [0.25, 0.3) is 0 Å². The number of hydrogen-bond acceptors (Lipinski definition) is 5. The second kappa shape index (κ2) is 8.97. The van der Waals surface area contributed by atoms with E-state index in [1.165, 1.54) is 4.90 Å². The first-order valence-electron chi connectivity index (χ1n) is 9.57. The van der Waals surface area contributed by atoms with Crippen LogP contribution in [0, 0.1) is 0 Å². The van der Waals surface area contributed by atoms with Gasteiger partial charge in [-0.3, -0.25) is 14.5 Å². The number of pyridine rings is 1. The molecule has 2 aromatic carbocycles. The van der Waals surface area contributed by atoms with E-state index in [9.17, 15) is 9.59 Å². The average Bonchev–Trinajstić information content (AvgIpc) is 2.92. The third kappa shape index (κ3) is 4.57. The summed E-state index contributed by atoms with van der Waals surface area (Å²) in [6.45, 7) is -0.213. The van der Waals surface area contributed by atoms with Gasteiger partial charge in [0, 0.05) is 11.8 Å². The first-order chi connectivity index (χ1) is 15.0. The zero-order valence-electron chi connectivity index (χ0n) is 16.7. The summed E-state index contributed by atoms with van der Waals surface area (Å²) in [5, 5.41) is 3.16. The topological polar surface area (TPSA) is 83.9 Å². The van der Waals surface area contributed by atoms with Crippen molar-refractivity contribution in [3.05, 3.63) is 77.4 Å². The molecule has 8 heteroatoms. The molecule has 0 saturated carbocycles. The first-order valence-corrected chi connectivity index (χ1v) is 9.94. The second-order valence-electron chi connectivity index (χ2n) is 6.82. The van der Waals surface area contributed by atoms with Crippen molar-refractivity contribution in [2.24, 2.45) is 4.99 Å². The van der Waals surface area contributed by atoms with E-state index in [4.69, 9.17) is 16.3 Å². The van der Waals surface area contributed by atoms with Gasteiger partial charge in [0.15, 0.2) is 5.82 Å². The molecule has 2 amide bonds. The van der Waals surface area contributed by atoms with E-state index in [0.29, 0.717) is 33.7 Å². The molecule has 0 saturated heterocycles. The predicted octanol–water partition coefficient (Wildman–Crippen LogP) is 4.24. The Morgan fingerprint density at radius 1 is 1.16 bits per heavy atom. The molecule has 7 nitrogen and oxygen atoms in total. The summed E-state index contributed by atoms with van der Waals surface area (Å²) in [5.74, 6) is 0.329. The number of amides is 2. The van der Waals surface area contributed by atoms with Crippen molar-refractivity contribution in [1.29, 1.82) is 0 Å². The first kappa shape index (κ1) is 20.6. The number of halogens is 1. The number of fused-ring (bicyclic) bond motifs is 1. The number of benzene rings is 2. The van der Waals surface area contributed by atoms with Gasteiger partial charge in [0.05, 0.1) is 30.0 Å². The molecule has 0 fully saturated rings. The van der Waals surface area contributed by atoms with Crippen LogP contribution in [0.15, 0.2) is 71.9 Å². The summed E-state index contributed by atoms with van der Waals surface area (Å²) in [4.78, 5) is 36.2. The van der Waals surface area contributed by atoms with E-state index in [-0.39, 0.29) is 24.8 Å². The van der Waals surface area contributed by atoms with Gasteiger partial charge < -0.3 is 10.1 Å². The molecule has 0 bridgehead atoms. The SMILES string of the molecule is COc1cccc(C2=Nc3cccnc3N(CC(=O)Nc3ccccc3Cl)C(=O)C2)c1. The van der Waals surface area contributed by atoms with E-state index in [0.717, 1.165) is 5.56 Å². The van der Waals surface area contributed by atoms with Gasteiger partial charge in [0.1, 0.15) is 18.0 Å². The van der Waals surface area contributed by atoms with Crippen LogP contribution >= 0.6 is 11.6 Å². The van der Waals surface area contributed by atoms with Crippen molar-refractivity contribution in [3.8, 4) is 5.75 Å². The number of ether oxygens (including phenoxy) is 1. The number of hydrogen-bond donors (Lipinski definition) is 1. The number of rotatable bonds is 5. The Morgan fingerprint density at radius 3 is 2.81 bits per heavy atom. The van der Waals surface area contributed by atoms with Gasteiger partial charge in [-0.25, -0.2) is 9.98 Å². The van der Waals surface area contributed by atoms with Crippen LogP contribution in [0.3, 0.4) is 0 Å². The van der Waals surface area contributed by atoms with Crippen LogP contribution in [-0.4, -0.2) is 36.2 Å². The van der Waals surface area contributed by atoms with Gasteiger partial charge in [-0.05, 0) is 36.4 Å². The minimum absolute atomic E-state index is 0.0168. The van der Waals surface area contributed by atoms with Crippen molar-refractivity contribution in [1.82, 2.24) is 4.98 Å². The number of methoxy groups -OCH3 is 1. The number of aromatic nitrogens is 1. The fraction of sp³-hybridized carbons (Fsp3) is 0.130. The monoisotopic (exact) mass is 434 g/mol. The molecule has 0 aliphatic carbocycles. The molecule has 156 valence electrons. The minimum atomic E-state index is -0.386. The van der Waals surface area contributed by atoms with Crippen LogP contribution < -0.4 is 15.0 Å². The molecule has 0 atom stereocenters. The number of para-hydroxylation sites is 1. The Labute approximate surface area is 184 Å². The Kier molecular flexibility index (Phi) is 5.95. The third-order valence-electron chi connectivity index (χ3n) is 4.75. The number of aliphatic imine (C=N–C) groups is 1. The molecule has 1 aliphatic heterocycles. The third-order valence-corrected chi connectivity index (χ3v) is 5.08. The van der Waals surface area contributed by atoms with E-state index >= 15 is 0 Å². The lowest BCUT2D eigenvalue weighted by Crippen LogP contribution is -2.39. The molecule has 31 heavy (non-hydrogen) atoms. The maximum absolute atomic E-state index is 13.1. The molecule has 1 aromatic heterocycles. The van der Waals surface area contributed by atoms with Gasteiger partial charge in [-0.1, -0.05) is 35.9 Å². The molecule has 0 spiro atoms. The van der Waals surface area contributed by atoms with E-state index in [1.54, 1.807) is 49.7 Å². The zero-order chi connectivity index (χ0) is 21.8. The normalized spacial score (nSPS) is 13.2. The van der Waals surface area contributed by atoms with Crippen molar-refractivity contribution in [2.45, 2.75) is 6.42 Å². The second-order valence-corrected chi connectivity index (χ2v) is 7.23. The number of carbonyl (C=O) groups is 2. The Hall–Kier alpha value is -3.71. The smallest absolute Gasteiger partial charge is 0.244 e. The summed E-state index contributed by atoms with van der Waals surface area (Å²) < 4.78 is 5.29. The summed E-state index contributed by atoms with van der Waals surface area (Å²) in [7, 11) is 1.58. The highest BCUT2D eigenvalue weighted by Gasteiger charge is 2.28. The Balaban J connectivity index is 1.63. The van der Waals surface area contributed by atoms with Gasteiger partial charge >= 0.3 is 0 Å². The van der Waals surface area contributed by atoms with Crippen molar-refractivity contribution < 1.29 is 14.3 Å². The fourth-order valence-corrected chi connectivity index (χ4v) is 3.44. The number of carbonyl (C=O) groups excluding carboxylic acids is 2. The predicted molar refractivity (Wildman–Crippen MR) is 120 cm³/mol.